The first-order valence-corrected chi connectivity index (χ1v) is 6.16. The number of aromatic amines is 1. The summed E-state index contributed by atoms with van der Waals surface area (Å²) in [5.41, 5.74) is 4.06. The van der Waals surface area contributed by atoms with Crippen LogP contribution in [0, 0.1) is 18.7 Å². The number of hydrogen-bond donors (Lipinski definition) is 1. The zero-order valence-corrected chi connectivity index (χ0v) is 10.9. The Morgan fingerprint density at radius 3 is 2.82 bits per heavy atom. The molecule has 17 heavy (non-hydrogen) atoms. The summed E-state index contributed by atoms with van der Waals surface area (Å²) in [6.07, 6.45) is 2.89. The lowest BCUT2D eigenvalue weighted by atomic mass is 10.0. The molecule has 0 atom stereocenters. The molecule has 4 heteroatoms. The molecule has 1 aromatic heterocycles. The number of H-pyrrole nitrogens is 1. The number of aromatic nitrogens is 2. The van der Waals surface area contributed by atoms with Gasteiger partial charge in [0.1, 0.15) is 0 Å². The minimum Gasteiger partial charge on any atom is -0.414 e. The Balaban J connectivity index is 1.94. The van der Waals surface area contributed by atoms with Gasteiger partial charge >= 0.3 is 0 Å². The second-order valence-corrected chi connectivity index (χ2v) is 4.66. The van der Waals surface area contributed by atoms with Crippen LogP contribution >= 0.6 is 12.2 Å². The summed E-state index contributed by atoms with van der Waals surface area (Å²) in [7, 11) is 0. The lowest BCUT2D eigenvalue weighted by Gasteiger charge is -2.05. The molecular weight excluding hydrogens is 232 g/mol. The first-order chi connectivity index (χ1) is 8.15. The minimum absolute atomic E-state index is 0.353. The zero-order chi connectivity index (χ0) is 12.3. The Morgan fingerprint density at radius 2 is 2.12 bits per heavy atom. The summed E-state index contributed by atoms with van der Waals surface area (Å²) in [5, 5.41) is 6.63. The first-order valence-electron chi connectivity index (χ1n) is 5.75. The van der Waals surface area contributed by atoms with Gasteiger partial charge in [0.2, 0.25) is 5.89 Å². The molecule has 0 amide bonds. The van der Waals surface area contributed by atoms with E-state index in [4.69, 9.17) is 16.6 Å². The molecule has 0 aliphatic heterocycles. The van der Waals surface area contributed by atoms with Gasteiger partial charge in [-0.15, -0.1) is 5.10 Å². The van der Waals surface area contributed by atoms with Crippen LogP contribution in [-0.4, -0.2) is 10.2 Å². The third-order valence-electron chi connectivity index (χ3n) is 2.82. The summed E-state index contributed by atoms with van der Waals surface area (Å²) in [4.78, 5) is 0.353. The van der Waals surface area contributed by atoms with Crippen LogP contribution in [0.3, 0.4) is 0 Å². The highest BCUT2D eigenvalue weighted by atomic mass is 32.1. The maximum Gasteiger partial charge on any atom is 0.284 e. The van der Waals surface area contributed by atoms with Crippen molar-refractivity contribution in [1.29, 1.82) is 0 Å². The van der Waals surface area contributed by atoms with Gasteiger partial charge in [-0.3, -0.25) is 0 Å². The molecule has 0 aliphatic carbocycles. The average Bonchev–Trinajstić information content (AvgIpc) is 2.69. The van der Waals surface area contributed by atoms with Gasteiger partial charge in [-0.1, -0.05) is 23.8 Å². The molecule has 0 radical (unpaired) electrons. The maximum atomic E-state index is 5.22. The van der Waals surface area contributed by atoms with Gasteiger partial charge < -0.3 is 4.42 Å². The zero-order valence-electron chi connectivity index (χ0n) is 10.1. The SMILES string of the molecule is Cc1ccc(C)c(CCCc2n[nH]c(=S)o2)c1. The standard InChI is InChI=1S/C13H16N2OS/c1-9-6-7-10(2)11(8-9)4-3-5-12-14-15-13(17)16-12/h6-8H,3-5H2,1-2H3,(H,15,17). The van der Waals surface area contributed by atoms with Crippen LogP contribution in [0.15, 0.2) is 22.6 Å². The maximum absolute atomic E-state index is 5.22. The number of aryl methyl sites for hydroxylation is 4. The number of hydrogen-bond acceptors (Lipinski definition) is 3. The molecule has 1 heterocycles. The third-order valence-corrected chi connectivity index (χ3v) is 3.00. The van der Waals surface area contributed by atoms with Crippen molar-refractivity contribution in [3.05, 3.63) is 45.6 Å². The minimum atomic E-state index is 0.353. The van der Waals surface area contributed by atoms with E-state index in [9.17, 15) is 0 Å². The fourth-order valence-corrected chi connectivity index (χ4v) is 2.01. The fraction of sp³-hybridized carbons (Fsp3) is 0.385. The second-order valence-electron chi connectivity index (χ2n) is 4.29. The van der Waals surface area contributed by atoms with Crippen molar-refractivity contribution < 1.29 is 4.42 Å². The lowest BCUT2D eigenvalue weighted by molar-refractivity contribution is 0.474. The summed E-state index contributed by atoms with van der Waals surface area (Å²) in [5.74, 6) is 0.695. The molecule has 0 spiro atoms. The van der Waals surface area contributed by atoms with Crippen molar-refractivity contribution in [2.24, 2.45) is 0 Å². The van der Waals surface area contributed by atoms with Crippen LogP contribution in [0.1, 0.15) is 29.0 Å². The van der Waals surface area contributed by atoms with Crippen molar-refractivity contribution in [2.45, 2.75) is 33.1 Å². The predicted molar refractivity (Wildman–Crippen MR) is 69.6 cm³/mol. The lowest BCUT2D eigenvalue weighted by Crippen LogP contribution is -1.94. The van der Waals surface area contributed by atoms with Crippen molar-refractivity contribution in [2.75, 3.05) is 0 Å². The number of rotatable bonds is 4. The highest BCUT2D eigenvalue weighted by molar-refractivity contribution is 7.71. The number of benzene rings is 1. The van der Waals surface area contributed by atoms with Gasteiger partial charge in [0.25, 0.3) is 4.84 Å². The molecule has 90 valence electrons. The van der Waals surface area contributed by atoms with Crippen LogP contribution in [0.25, 0.3) is 0 Å². The van der Waals surface area contributed by atoms with Crippen molar-refractivity contribution in [3.8, 4) is 0 Å². The molecule has 2 aromatic rings. The topological polar surface area (TPSA) is 41.8 Å². The van der Waals surface area contributed by atoms with E-state index in [1.165, 1.54) is 16.7 Å². The summed E-state index contributed by atoms with van der Waals surface area (Å²) < 4.78 is 5.22. The van der Waals surface area contributed by atoms with Gasteiger partial charge in [0, 0.05) is 6.42 Å². The summed E-state index contributed by atoms with van der Waals surface area (Å²) >= 11 is 4.83. The molecule has 1 aromatic carbocycles. The van der Waals surface area contributed by atoms with Crippen LogP contribution in [0.4, 0.5) is 0 Å². The average molecular weight is 248 g/mol. The quantitative estimate of drug-likeness (QED) is 0.842. The fourth-order valence-electron chi connectivity index (χ4n) is 1.87. The Hall–Kier alpha value is -1.42. The van der Waals surface area contributed by atoms with Crippen LogP contribution in [0.2, 0.25) is 0 Å². The van der Waals surface area contributed by atoms with Crippen LogP contribution in [-0.2, 0) is 12.8 Å². The summed E-state index contributed by atoms with van der Waals surface area (Å²) in [6.45, 7) is 4.27. The highest BCUT2D eigenvalue weighted by Gasteiger charge is 2.02. The van der Waals surface area contributed by atoms with Crippen LogP contribution in [0.5, 0.6) is 0 Å². The van der Waals surface area contributed by atoms with Gasteiger partial charge in [0.15, 0.2) is 0 Å². The largest absolute Gasteiger partial charge is 0.414 e. The molecule has 0 bridgehead atoms. The second kappa shape index (κ2) is 5.27. The third kappa shape index (κ3) is 3.27. The predicted octanol–water partition coefficient (Wildman–Crippen LogP) is 3.52. The van der Waals surface area contributed by atoms with Gasteiger partial charge in [-0.05, 0) is 50.0 Å². The van der Waals surface area contributed by atoms with Gasteiger partial charge in [0.05, 0.1) is 0 Å². The van der Waals surface area contributed by atoms with E-state index in [1.54, 1.807) is 0 Å². The Kier molecular flexibility index (Phi) is 3.74. The van der Waals surface area contributed by atoms with E-state index in [1.807, 2.05) is 0 Å². The number of nitrogens with one attached hydrogen (secondary N) is 1. The van der Waals surface area contributed by atoms with E-state index < -0.39 is 0 Å². The number of nitrogens with zero attached hydrogens (tertiary/aromatic N) is 1. The van der Waals surface area contributed by atoms with E-state index in [2.05, 4.69) is 42.2 Å². The Labute approximate surface area is 106 Å². The molecule has 0 unspecified atom stereocenters. The van der Waals surface area contributed by atoms with Gasteiger partial charge in [-0.25, -0.2) is 5.10 Å². The highest BCUT2D eigenvalue weighted by Crippen LogP contribution is 2.13. The molecule has 3 nitrogen and oxygen atoms in total. The van der Waals surface area contributed by atoms with Crippen molar-refractivity contribution >= 4 is 12.2 Å². The Bertz CT molecular complexity index is 557. The van der Waals surface area contributed by atoms with Gasteiger partial charge in [-0.2, -0.15) is 0 Å². The first kappa shape index (κ1) is 12.0. The molecule has 0 aliphatic rings. The van der Waals surface area contributed by atoms with Crippen molar-refractivity contribution in [3.63, 3.8) is 0 Å². The smallest absolute Gasteiger partial charge is 0.284 e. The monoisotopic (exact) mass is 248 g/mol. The molecule has 0 saturated heterocycles. The molecule has 1 N–H and O–H groups in total. The molecular formula is C13H16N2OS. The van der Waals surface area contributed by atoms with E-state index >= 15 is 0 Å². The van der Waals surface area contributed by atoms with E-state index in [-0.39, 0.29) is 0 Å². The molecule has 0 saturated carbocycles. The van der Waals surface area contributed by atoms with E-state index in [0.717, 1.165) is 19.3 Å². The summed E-state index contributed by atoms with van der Waals surface area (Å²) in [6, 6.07) is 6.56. The van der Waals surface area contributed by atoms with Crippen LogP contribution < -0.4 is 0 Å². The normalized spacial score (nSPS) is 10.7. The molecule has 2 rings (SSSR count). The van der Waals surface area contributed by atoms with E-state index in [0.29, 0.717) is 10.7 Å². The van der Waals surface area contributed by atoms with Crippen molar-refractivity contribution in [1.82, 2.24) is 10.2 Å². The molecule has 0 fully saturated rings. The Morgan fingerprint density at radius 1 is 1.29 bits per heavy atom.